The molecule has 1 atom stereocenters. The number of benzene rings is 3. The number of fused-ring (bicyclic) bond motifs is 1. The van der Waals surface area contributed by atoms with Gasteiger partial charge in [-0.3, -0.25) is 9.59 Å². The second-order valence-corrected chi connectivity index (χ2v) is 11.0. The lowest BCUT2D eigenvalue weighted by atomic mass is 10.1. The average molecular weight is 572 g/mol. The molecule has 0 saturated carbocycles. The van der Waals surface area contributed by atoms with Crippen molar-refractivity contribution in [2.45, 2.75) is 24.5 Å². The molecule has 3 aromatic carbocycles. The van der Waals surface area contributed by atoms with Crippen molar-refractivity contribution in [2.75, 3.05) is 24.5 Å². The molecule has 0 fully saturated rings. The number of carbonyl (C=O) groups is 2. The van der Waals surface area contributed by atoms with E-state index in [4.69, 9.17) is 4.74 Å². The van der Waals surface area contributed by atoms with Gasteiger partial charge < -0.3 is 15.0 Å². The maximum absolute atomic E-state index is 13.4. The lowest BCUT2D eigenvalue weighted by Crippen LogP contribution is -2.53. The highest BCUT2D eigenvalue weighted by atomic mass is 79.9. The fourth-order valence-electron chi connectivity index (χ4n) is 3.86. The number of nitrogens with one attached hydrogen (secondary N) is 1. The molecule has 36 heavy (non-hydrogen) atoms. The first kappa shape index (κ1) is 25.9. The van der Waals surface area contributed by atoms with E-state index in [0.29, 0.717) is 18.0 Å². The van der Waals surface area contributed by atoms with Crippen molar-refractivity contribution in [3.05, 3.63) is 88.9 Å². The van der Waals surface area contributed by atoms with Gasteiger partial charge >= 0.3 is 0 Å². The summed E-state index contributed by atoms with van der Waals surface area (Å²) in [5.41, 5.74) is 1.43. The molecule has 0 saturated heterocycles. The largest absolute Gasteiger partial charge is 0.477 e. The highest BCUT2D eigenvalue weighted by Crippen LogP contribution is 2.33. The van der Waals surface area contributed by atoms with Crippen LogP contribution in [0.5, 0.6) is 5.75 Å². The summed E-state index contributed by atoms with van der Waals surface area (Å²) in [7, 11) is -3.89. The van der Waals surface area contributed by atoms with Crippen LogP contribution in [-0.2, 0) is 26.2 Å². The van der Waals surface area contributed by atoms with E-state index in [9.17, 15) is 18.0 Å². The van der Waals surface area contributed by atoms with E-state index in [2.05, 4.69) is 21.2 Å². The van der Waals surface area contributed by atoms with Gasteiger partial charge in [-0.05, 0) is 42.0 Å². The van der Waals surface area contributed by atoms with Crippen molar-refractivity contribution in [2.24, 2.45) is 0 Å². The third-order valence-corrected chi connectivity index (χ3v) is 8.26. The summed E-state index contributed by atoms with van der Waals surface area (Å²) in [4.78, 5) is 27.9. The van der Waals surface area contributed by atoms with Crippen LogP contribution in [0.2, 0.25) is 0 Å². The van der Waals surface area contributed by atoms with Gasteiger partial charge in [0.25, 0.3) is 5.91 Å². The predicted octanol–water partition coefficient (Wildman–Crippen LogP) is 3.57. The Hall–Kier alpha value is -3.21. The summed E-state index contributed by atoms with van der Waals surface area (Å²) in [6.45, 7) is 1.70. The number of carbonyl (C=O) groups excluding carboxylic acids is 2. The summed E-state index contributed by atoms with van der Waals surface area (Å²) >= 11 is 3.30. The van der Waals surface area contributed by atoms with Crippen LogP contribution in [0.15, 0.2) is 88.2 Å². The minimum Gasteiger partial charge on any atom is -0.477 e. The monoisotopic (exact) mass is 571 g/mol. The molecule has 1 aliphatic heterocycles. The van der Waals surface area contributed by atoms with Crippen LogP contribution >= 0.6 is 15.9 Å². The number of sulfonamides is 1. The average Bonchev–Trinajstić information content (AvgIpc) is 2.90. The molecule has 1 N–H and O–H groups in total. The third kappa shape index (κ3) is 5.77. The first-order valence-electron chi connectivity index (χ1n) is 11.4. The summed E-state index contributed by atoms with van der Waals surface area (Å²) in [5.74, 6) is -0.425. The fraction of sp³-hybridized carbons (Fsp3) is 0.231. The van der Waals surface area contributed by atoms with E-state index in [-0.39, 0.29) is 30.4 Å². The number of ether oxygens (including phenoxy) is 1. The van der Waals surface area contributed by atoms with E-state index in [1.165, 1.54) is 17.0 Å². The minimum absolute atomic E-state index is 0.0354. The van der Waals surface area contributed by atoms with Gasteiger partial charge in [0.2, 0.25) is 15.9 Å². The second kappa shape index (κ2) is 11.2. The highest BCUT2D eigenvalue weighted by molar-refractivity contribution is 9.10. The van der Waals surface area contributed by atoms with Crippen LogP contribution in [0.25, 0.3) is 0 Å². The molecule has 0 radical (unpaired) electrons. The number of para-hydroxylation sites is 2. The summed E-state index contributed by atoms with van der Waals surface area (Å²) in [6, 6.07) is 22.6. The smallest absolute Gasteiger partial charge is 0.263 e. The van der Waals surface area contributed by atoms with Gasteiger partial charge in [-0.2, -0.15) is 4.31 Å². The van der Waals surface area contributed by atoms with Gasteiger partial charge in [-0.25, -0.2) is 8.42 Å². The molecular weight excluding hydrogens is 546 g/mol. The van der Waals surface area contributed by atoms with Crippen LogP contribution in [0.1, 0.15) is 12.5 Å². The SMILES string of the molecule is CCN(CC(=O)N1C[C@@H](C(=O)NCc2ccccc2)Oc2ccccc21)S(=O)(=O)c1ccc(Br)cc1. The van der Waals surface area contributed by atoms with E-state index in [1.54, 1.807) is 43.3 Å². The van der Waals surface area contributed by atoms with Crippen molar-refractivity contribution in [3.63, 3.8) is 0 Å². The first-order chi connectivity index (χ1) is 17.3. The molecule has 0 aliphatic carbocycles. The number of hydrogen-bond acceptors (Lipinski definition) is 5. The second-order valence-electron chi connectivity index (χ2n) is 8.17. The number of anilines is 1. The zero-order chi connectivity index (χ0) is 25.7. The first-order valence-corrected chi connectivity index (χ1v) is 13.7. The standard InChI is InChI=1S/C26H26BrN3O5S/c1-2-29(36(33,34)21-14-12-20(27)13-15-21)18-25(31)30-17-24(35-23-11-7-6-10-22(23)30)26(32)28-16-19-8-4-3-5-9-19/h3-15,24H,2,16-18H2,1H3,(H,28,32)/t24-/m0/s1. The fourth-order valence-corrected chi connectivity index (χ4v) is 5.53. The molecule has 0 unspecified atom stereocenters. The molecule has 3 aromatic rings. The molecule has 10 heteroatoms. The molecule has 1 heterocycles. The molecule has 1 aliphatic rings. The van der Waals surface area contributed by atoms with Gasteiger partial charge in [0.1, 0.15) is 5.75 Å². The van der Waals surface area contributed by atoms with Gasteiger partial charge in [-0.15, -0.1) is 0 Å². The minimum atomic E-state index is -3.89. The Kier molecular flexibility index (Phi) is 8.07. The van der Waals surface area contributed by atoms with Crippen LogP contribution < -0.4 is 15.0 Å². The number of halogens is 1. The molecule has 0 spiro atoms. The Labute approximate surface area is 219 Å². The van der Waals surface area contributed by atoms with E-state index < -0.39 is 22.0 Å². The van der Waals surface area contributed by atoms with Gasteiger partial charge in [0, 0.05) is 17.6 Å². The van der Waals surface area contributed by atoms with Crippen LogP contribution in [0.4, 0.5) is 5.69 Å². The van der Waals surface area contributed by atoms with Gasteiger partial charge in [0.05, 0.1) is 23.7 Å². The van der Waals surface area contributed by atoms with Crippen molar-refractivity contribution >= 4 is 43.5 Å². The van der Waals surface area contributed by atoms with Crippen molar-refractivity contribution in [1.29, 1.82) is 0 Å². The van der Waals surface area contributed by atoms with Crippen molar-refractivity contribution < 1.29 is 22.7 Å². The quantitative estimate of drug-likeness (QED) is 0.446. The molecule has 4 rings (SSSR count). The molecular formula is C26H26BrN3O5S. The number of hydrogen-bond donors (Lipinski definition) is 1. The van der Waals surface area contributed by atoms with Gasteiger partial charge in [0.15, 0.2) is 6.10 Å². The van der Waals surface area contributed by atoms with Crippen LogP contribution in [-0.4, -0.2) is 50.3 Å². The Balaban J connectivity index is 1.52. The summed E-state index contributed by atoms with van der Waals surface area (Å²) in [6.07, 6.45) is -0.939. The molecule has 0 aromatic heterocycles. The van der Waals surface area contributed by atoms with E-state index >= 15 is 0 Å². The third-order valence-electron chi connectivity index (χ3n) is 5.79. The highest BCUT2D eigenvalue weighted by Gasteiger charge is 2.35. The number of amides is 2. The maximum Gasteiger partial charge on any atom is 0.263 e. The Bertz CT molecular complexity index is 1330. The van der Waals surface area contributed by atoms with Crippen molar-refractivity contribution in [1.82, 2.24) is 9.62 Å². The van der Waals surface area contributed by atoms with E-state index in [0.717, 1.165) is 14.3 Å². The summed E-state index contributed by atoms with van der Waals surface area (Å²) in [5, 5.41) is 2.85. The molecule has 8 nitrogen and oxygen atoms in total. The Morgan fingerprint density at radius 3 is 2.39 bits per heavy atom. The lowest BCUT2D eigenvalue weighted by molar-refractivity contribution is -0.128. The Morgan fingerprint density at radius 1 is 1.03 bits per heavy atom. The lowest BCUT2D eigenvalue weighted by Gasteiger charge is -2.35. The van der Waals surface area contributed by atoms with Crippen LogP contribution in [0, 0.1) is 0 Å². The molecule has 188 valence electrons. The molecule has 0 bridgehead atoms. The van der Waals surface area contributed by atoms with E-state index in [1.807, 2.05) is 30.3 Å². The normalized spacial score (nSPS) is 15.2. The number of nitrogens with zero attached hydrogens (tertiary/aromatic N) is 2. The van der Waals surface area contributed by atoms with Gasteiger partial charge in [-0.1, -0.05) is 65.3 Å². The zero-order valence-electron chi connectivity index (χ0n) is 19.6. The molecule has 2 amide bonds. The predicted molar refractivity (Wildman–Crippen MR) is 140 cm³/mol. The Morgan fingerprint density at radius 2 is 1.69 bits per heavy atom. The topological polar surface area (TPSA) is 96.0 Å². The summed E-state index contributed by atoms with van der Waals surface area (Å²) < 4.78 is 34.1. The zero-order valence-corrected chi connectivity index (χ0v) is 22.0. The van der Waals surface area contributed by atoms with Crippen molar-refractivity contribution in [3.8, 4) is 5.75 Å². The number of likely N-dealkylation sites (N-methyl/N-ethyl adjacent to an activating group) is 1. The number of rotatable bonds is 8. The maximum atomic E-state index is 13.4. The van der Waals surface area contributed by atoms with Crippen LogP contribution in [0.3, 0.4) is 0 Å².